The minimum absolute atomic E-state index is 0.0579. The van der Waals surface area contributed by atoms with Crippen LogP contribution in [0.5, 0.6) is 0 Å². The molecule has 1 saturated heterocycles. The van der Waals surface area contributed by atoms with E-state index in [2.05, 4.69) is 25.6 Å². The third kappa shape index (κ3) is 3.78. The zero-order valence-corrected chi connectivity index (χ0v) is 18.5. The van der Waals surface area contributed by atoms with Gasteiger partial charge in [-0.05, 0) is 31.5 Å². The number of carbonyl (C=O) groups excluding carboxylic acids is 2. The van der Waals surface area contributed by atoms with Crippen LogP contribution < -0.4 is 10.6 Å². The second-order valence-electron chi connectivity index (χ2n) is 7.87. The SMILES string of the molecule is CCN1CCC(c2cnc(Nc3cc(-c4c(F)cccc4Cl)nc4c3C(=O)NC4)cn2)C1=O. The number of likely N-dealkylation sites (tertiary alicyclic amines) is 1. The van der Waals surface area contributed by atoms with Crippen molar-refractivity contribution in [1.29, 1.82) is 0 Å². The van der Waals surface area contributed by atoms with Gasteiger partial charge >= 0.3 is 0 Å². The van der Waals surface area contributed by atoms with E-state index in [0.717, 1.165) is 0 Å². The summed E-state index contributed by atoms with van der Waals surface area (Å²) in [6.45, 7) is 3.56. The Bertz CT molecular complexity index is 1250. The highest BCUT2D eigenvalue weighted by atomic mass is 35.5. The van der Waals surface area contributed by atoms with Gasteiger partial charge in [-0.2, -0.15) is 0 Å². The number of carbonyl (C=O) groups is 2. The van der Waals surface area contributed by atoms with Gasteiger partial charge in [-0.1, -0.05) is 17.7 Å². The van der Waals surface area contributed by atoms with E-state index in [0.29, 0.717) is 53.7 Å². The molecule has 0 spiro atoms. The maximum Gasteiger partial charge on any atom is 0.255 e. The molecule has 0 aliphatic carbocycles. The third-order valence-corrected chi connectivity index (χ3v) is 6.24. The van der Waals surface area contributed by atoms with Gasteiger partial charge < -0.3 is 15.5 Å². The molecule has 4 heterocycles. The highest BCUT2D eigenvalue weighted by Crippen LogP contribution is 2.35. The van der Waals surface area contributed by atoms with Gasteiger partial charge in [0.25, 0.3) is 5.91 Å². The number of benzene rings is 1. The number of anilines is 2. The maximum absolute atomic E-state index is 14.5. The molecular weight excluding hydrogens is 447 g/mol. The second-order valence-corrected chi connectivity index (χ2v) is 8.27. The maximum atomic E-state index is 14.5. The fraction of sp³-hybridized carbons (Fsp3) is 0.261. The lowest BCUT2D eigenvalue weighted by molar-refractivity contribution is -0.128. The molecule has 1 unspecified atom stereocenters. The molecule has 3 aromatic rings. The van der Waals surface area contributed by atoms with Crippen molar-refractivity contribution in [3.8, 4) is 11.3 Å². The summed E-state index contributed by atoms with van der Waals surface area (Å²) in [5, 5.41) is 6.05. The van der Waals surface area contributed by atoms with Gasteiger partial charge in [0.05, 0.1) is 63.8 Å². The summed E-state index contributed by atoms with van der Waals surface area (Å²) in [6.07, 6.45) is 3.80. The Hall–Kier alpha value is -3.59. The van der Waals surface area contributed by atoms with Crippen LogP contribution in [0, 0.1) is 5.82 Å². The monoisotopic (exact) mass is 466 g/mol. The molecule has 168 valence electrons. The van der Waals surface area contributed by atoms with Gasteiger partial charge in [0, 0.05) is 13.1 Å². The summed E-state index contributed by atoms with van der Waals surface area (Å²) >= 11 is 6.23. The molecule has 10 heteroatoms. The highest BCUT2D eigenvalue weighted by molar-refractivity contribution is 6.33. The predicted octanol–water partition coefficient (Wildman–Crippen LogP) is 3.65. The Morgan fingerprint density at radius 3 is 2.79 bits per heavy atom. The summed E-state index contributed by atoms with van der Waals surface area (Å²) < 4.78 is 14.5. The molecule has 1 aromatic carbocycles. The molecule has 2 N–H and O–H groups in total. The van der Waals surface area contributed by atoms with Crippen molar-refractivity contribution in [3.63, 3.8) is 0 Å². The summed E-state index contributed by atoms with van der Waals surface area (Å²) in [5.41, 5.74) is 2.34. The Labute approximate surface area is 194 Å². The van der Waals surface area contributed by atoms with E-state index >= 15 is 0 Å². The normalized spacial score (nSPS) is 17.3. The van der Waals surface area contributed by atoms with Crippen molar-refractivity contribution < 1.29 is 14.0 Å². The standard InChI is InChI=1S/C23H20ClFN6O2/c1-2-31-7-6-12(23(31)33)17-9-27-19(11-26-17)30-16-8-15(20-13(24)4-3-5-14(20)25)29-18-10-28-22(32)21(16)18/h3-5,8-9,11-12H,2,6-7,10H2,1H3,(H,28,32)(H,27,29,30). The van der Waals surface area contributed by atoms with Crippen molar-refractivity contribution >= 4 is 34.9 Å². The van der Waals surface area contributed by atoms with Gasteiger partial charge in [-0.15, -0.1) is 0 Å². The van der Waals surface area contributed by atoms with Crippen LogP contribution in [0.15, 0.2) is 36.7 Å². The first-order valence-corrected chi connectivity index (χ1v) is 11.0. The first-order valence-electron chi connectivity index (χ1n) is 10.6. The molecule has 2 aliphatic heterocycles. The van der Waals surface area contributed by atoms with E-state index in [1.54, 1.807) is 23.2 Å². The van der Waals surface area contributed by atoms with Crippen LogP contribution in [0.25, 0.3) is 11.3 Å². The zero-order valence-electron chi connectivity index (χ0n) is 17.7. The van der Waals surface area contributed by atoms with Gasteiger partial charge in [-0.25, -0.2) is 14.4 Å². The largest absolute Gasteiger partial charge is 0.346 e. The Balaban J connectivity index is 1.48. The average Bonchev–Trinajstić information content (AvgIpc) is 3.36. The van der Waals surface area contributed by atoms with Crippen molar-refractivity contribution in [1.82, 2.24) is 25.2 Å². The predicted molar refractivity (Wildman–Crippen MR) is 121 cm³/mol. The number of likely N-dealkylation sites (N-methyl/N-ethyl adjacent to an activating group) is 1. The highest BCUT2D eigenvalue weighted by Gasteiger charge is 2.33. The van der Waals surface area contributed by atoms with E-state index in [9.17, 15) is 14.0 Å². The molecule has 2 aliphatic rings. The molecule has 33 heavy (non-hydrogen) atoms. The molecule has 2 amide bonds. The molecule has 0 saturated carbocycles. The first-order chi connectivity index (χ1) is 16.0. The number of nitrogens with one attached hydrogen (secondary N) is 2. The van der Waals surface area contributed by atoms with E-state index < -0.39 is 5.82 Å². The Morgan fingerprint density at radius 2 is 2.09 bits per heavy atom. The van der Waals surface area contributed by atoms with E-state index in [-0.39, 0.29) is 34.9 Å². The quantitative estimate of drug-likeness (QED) is 0.595. The number of fused-ring (bicyclic) bond motifs is 1. The van der Waals surface area contributed by atoms with Crippen LogP contribution in [0.2, 0.25) is 5.02 Å². The smallest absolute Gasteiger partial charge is 0.255 e. The van der Waals surface area contributed by atoms with Crippen molar-refractivity contribution in [2.45, 2.75) is 25.8 Å². The molecule has 8 nitrogen and oxygen atoms in total. The number of hydrogen-bond acceptors (Lipinski definition) is 6. The number of rotatable bonds is 5. The van der Waals surface area contributed by atoms with E-state index in [1.165, 1.54) is 18.3 Å². The number of halogens is 2. The minimum Gasteiger partial charge on any atom is -0.346 e. The molecule has 0 radical (unpaired) electrons. The van der Waals surface area contributed by atoms with Crippen LogP contribution in [-0.2, 0) is 11.3 Å². The number of pyridine rings is 1. The molecule has 0 bridgehead atoms. The van der Waals surface area contributed by atoms with Crippen LogP contribution in [0.1, 0.15) is 41.0 Å². The Kier molecular flexibility index (Phi) is 5.41. The Morgan fingerprint density at radius 1 is 1.24 bits per heavy atom. The van der Waals surface area contributed by atoms with Gasteiger partial charge in [-0.3, -0.25) is 14.6 Å². The summed E-state index contributed by atoms with van der Waals surface area (Å²) in [4.78, 5) is 39.9. The fourth-order valence-electron chi connectivity index (χ4n) is 4.25. The van der Waals surface area contributed by atoms with Gasteiger partial charge in [0.2, 0.25) is 5.91 Å². The summed E-state index contributed by atoms with van der Waals surface area (Å²) in [7, 11) is 0. The average molecular weight is 467 g/mol. The van der Waals surface area contributed by atoms with Crippen molar-refractivity contribution in [2.24, 2.45) is 0 Å². The first kappa shape index (κ1) is 21.3. The number of aromatic nitrogens is 3. The van der Waals surface area contributed by atoms with E-state index in [4.69, 9.17) is 11.6 Å². The number of nitrogens with zero attached hydrogens (tertiary/aromatic N) is 4. The van der Waals surface area contributed by atoms with Crippen molar-refractivity contribution in [3.05, 3.63) is 64.5 Å². The lowest BCUT2D eigenvalue weighted by Crippen LogP contribution is -2.26. The number of amides is 2. The molecule has 2 aromatic heterocycles. The number of hydrogen-bond donors (Lipinski definition) is 2. The summed E-state index contributed by atoms with van der Waals surface area (Å²) in [6, 6.07) is 5.98. The molecular formula is C23H20ClFN6O2. The minimum atomic E-state index is -0.510. The van der Waals surface area contributed by atoms with E-state index in [1.807, 2.05) is 6.92 Å². The van der Waals surface area contributed by atoms with Crippen LogP contribution in [0.4, 0.5) is 15.9 Å². The van der Waals surface area contributed by atoms with Crippen LogP contribution in [-0.4, -0.2) is 44.8 Å². The second kappa shape index (κ2) is 8.40. The zero-order chi connectivity index (χ0) is 23.1. The summed E-state index contributed by atoms with van der Waals surface area (Å²) in [5.74, 6) is -0.647. The van der Waals surface area contributed by atoms with Crippen LogP contribution >= 0.6 is 11.6 Å². The van der Waals surface area contributed by atoms with Crippen LogP contribution in [0.3, 0.4) is 0 Å². The lowest BCUT2D eigenvalue weighted by Gasteiger charge is -2.14. The fourth-order valence-corrected chi connectivity index (χ4v) is 4.51. The molecule has 1 atom stereocenters. The van der Waals surface area contributed by atoms with Crippen molar-refractivity contribution in [2.75, 3.05) is 18.4 Å². The molecule has 5 rings (SSSR count). The lowest BCUT2D eigenvalue weighted by atomic mass is 10.0. The molecule has 1 fully saturated rings. The van der Waals surface area contributed by atoms with Gasteiger partial charge in [0.15, 0.2) is 0 Å². The van der Waals surface area contributed by atoms with Gasteiger partial charge in [0.1, 0.15) is 11.6 Å². The third-order valence-electron chi connectivity index (χ3n) is 5.93. The topological polar surface area (TPSA) is 100 Å².